The van der Waals surface area contributed by atoms with Gasteiger partial charge in [-0.25, -0.2) is 14.2 Å². The fraction of sp³-hybridized carbons (Fsp3) is 0.238. The Morgan fingerprint density at radius 1 is 1.07 bits per heavy atom. The number of hydrogen-bond donors (Lipinski definition) is 4. The summed E-state index contributed by atoms with van der Waals surface area (Å²) in [6.07, 6.45) is -1.41. The Balaban J connectivity index is 2.12. The first-order valence-electron chi connectivity index (χ1n) is 9.28. The zero-order valence-electron chi connectivity index (χ0n) is 16.1. The van der Waals surface area contributed by atoms with Crippen LogP contribution in [0.25, 0.3) is 10.9 Å². The van der Waals surface area contributed by atoms with E-state index in [1.165, 1.54) is 13.0 Å². The van der Waals surface area contributed by atoms with Crippen LogP contribution in [0.4, 0.5) is 0 Å². The molecule has 0 spiro atoms. The number of aliphatic hydroxyl groups excluding tert-OH is 1. The second-order valence-corrected chi connectivity index (χ2v) is 6.92. The Hall–Kier alpha value is -3.72. The number of carbonyl (C=O) groups is 2. The van der Waals surface area contributed by atoms with E-state index in [4.69, 9.17) is 0 Å². The summed E-state index contributed by atoms with van der Waals surface area (Å²) < 4.78 is 0.783. The molecular formula is C21H21N3O6. The highest BCUT2D eigenvalue weighted by atomic mass is 16.4. The Morgan fingerprint density at radius 3 is 2.33 bits per heavy atom. The van der Waals surface area contributed by atoms with Gasteiger partial charge in [0.2, 0.25) is 5.91 Å². The van der Waals surface area contributed by atoms with E-state index in [1.54, 1.807) is 48.5 Å². The van der Waals surface area contributed by atoms with Crippen LogP contribution in [0.2, 0.25) is 0 Å². The zero-order valence-corrected chi connectivity index (χ0v) is 16.1. The average Bonchev–Trinajstić information content (AvgIpc) is 2.71. The Bertz CT molecular complexity index is 1180. The monoisotopic (exact) mass is 411 g/mol. The molecule has 2 aromatic carbocycles. The SMILES string of the molecule is CC(O)[C@H](NC(=O)[C@@H](Cc1ccccc1)n1c(=O)[nH]c2ccccc2c1=O)C(=O)O. The lowest BCUT2D eigenvalue weighted by atomic mass is 10.0. The van der Waals surface area contributed by atoms with Crippen LogP contribution in [0.3, 0.4) is 0 Å². The number of fused-ring (bicyclic) bond motifs is 1. The number of carboxylic acid groups (broad SMARTS) is 1. The molecule has 9 heteroatoms. The van der Waals surface area contributed by atoms with Crippen LogP contribution in [-0.4, -0.2) is 43.8 Å². The van der Waals surface area contributed by atoms with Gasteiger partial charge in [-0.1, -0.05) is 42.5 Å². The van der Waals surface area contributed by atoms with Crippen molar-refractivity contribution in [1.82, 2.24) is 14.9 Å². The number of rotatable bonds is 7. The first kappa shape index (κ1) is 21.0. The maximum absolute atomic E-state index is 13.0. The first-order valence-corrected chi connectivity index (χ1v) is 9.28. The highest BCUT2D eigenvalue weighted by Crippen LogP contribution is 2.14. The van der Waals surface area contributed by atoms with Gasteiger partial charge >= 0.3 is 11.7 Å². The van der Waals surface area contributed by atoms with E-state index in [0.717, 1.165) is 4.57 Å². The van der Waals surface area contributed by atoms with Crippen molar-refractivity contribution < 1.29 is 19.8 Å². The van der Waals surface area contributed by atoms with Crippen molar-refractivity contribution in [2.45, 2.75) is 31.5 Å². The summed E-state index contributed by atoms with van der Waals surface area (Å²) in [6, 6.07) is 12.2. The largest absolute Gasteiger partial charge is 0.480 e. The quantitative estimate of drug-likeness (QED) is 0.444. The topological polar surface area (TPSA) is 141 Å². The Kier molecular flexibility index (Phi) is 6.12. The summed E-state index contributed by atoms with van der Waals surface area (Å²) >= 11 is 0. The molecule has 1 unspecified atom stereocenters. The van der Waals surface area contributed by atoms with Crippen molar-refractivity contribution in [3.8, 4) is 0 Å². The maximum atomic E-state index is 13.0. The lowest BCUT2D eigenvalue weighted by molar-refractivity contribution is -0.145. The van der Waals surface area contributed by atoms with Gasteiger partial charge in [0, 0.05) is 6.42 Å². The van der Waals surface area contributed by atoms with E-state index in [-0.39, 0.29) is 11.8 Å². The Morgan fingerprint density at radius 2 is 1.70 bits per heavy atom. The summed E-state index contributed by atoms with van der Waals surface area (Å²) in [4.78, 5) is 52.7. The highest BCUT2D eigenvalue weighted by molar-refractivity contribution is 5.87. The molecule has 3 atom stereocenters. The number of carboxylic acids is 1. The number of hydrogen-bond acceptors (Lipinski definition) is 5. The van der Waals surface area contributed by atoms with Gasteiger partial charge in [0.1, 0.15) is 6.04 Å². The number of benzene rings is 2. The van der Waals surface area contributed by atoms with Gasteiger partial charge in [0.25, 0.3) is 5.56 Å². The van der Waals surface area contributed by atoms with Crippen LogP contribution in [0.1, 0.15) is 18.5 Å². The third kappa shape index (κ3) is 4.31. The van der Waals surface area contributed by atoms with Gasteiger partial charge in [-0.2, -0.15) is 0 Å². The fourth-order valence-electron chi connectivity index (χ4n) is 3.24. The number of aliphatic hydroxyl groups is 1. The molecule has 0 bridgehead atoms. The number of nitrogens with zero attached hydrogens (tertiary/aromatic N) is 1. The minimum atomic E-state index is -1.59. The minimum Gasteiger partial charge on any atom is -0.480 e. The summed E-state index contributed by atoms with van der Waals surface area (Å²) in [6.45, 7) is 1.22. The van der Waals surface area contributed by atoms with Crippen LogP contribution in [0, 0.1) is 0 Å². The molecule has 1 heterocycles. The van der Waals surface area contributed by atoms with Crippen LogP contribution in [-0.2, 0) is 16.0 Å². The average molecular weight is 411 g/mol. The molecular weight excluding hydrogens is 390 g/mol. The fourth-order valence-corrected chi connectivity index (χ4v) is 3.24. The van der Waals surface area contributed by atoms with Gasteiger partial charge in [-0.15, -0.1) is 0 Å². The first-order chi connectivity index (χ1) is 14.3. The number of aromatic nitrogens is 2. The number of carbonyl (C=O) groups excluding carboxylic acids is 1. The predicted molar refractivity (Wildman–Crippen MR) is 109 cm³/mol. The number of aromatic amines is 1. The van der Waals surface area contributed by atoms with Gasteiger partial charge < -0.3 is 20.5 Å². The van der Waals surface area contributed by atoms with Crippen LogP contribution in [0.5, 0.6) is 0 Å². The maximum Gasteiger partial charge on any atom is 0.329 e. The molecule has 3 rings (SSSR count). The van der Waals surface area contributed by atoms with E-state index in [1.807, 2.05) is 0 Å². The summed E-state index contributed by atoms with van der Waals surface area (Å²) in [7, 11) is 0. The molecule has 9 nitrogen and oxygen atoms in total. The number of nitrogens with one attached hydrogen (secondary N) is 2. The van der Waals surface area contributed by atoms with Crippen molar-refractivity contribution in [2.75, 3.05) is 0 Å². The third-order valence-corrected chi connectivity index (χ3v) is 4.77. The molecule has 0 aliphatic carbocycles. The third-order valence-electron chi connectivity index (χ3n) is 4.77. The molecule has 0 fully saturated rings. The lowest BCUT2D eigenvalue weighted by Crippen LogP contribution is -2.52. The van der Waals surface area contributed by atoms with E-state index < -0.39 is 41.3 Å². The number of amides is 1. The normalized spacial score (nSPS) is 14.1. The van der Waals surface area contributed by atoms with E-state index in [9.17, 15) is 29.4 Å². The smallest absolute Gasteiger partial charge is 0.329 e. The van der Waals surface area contributed by atoms with Gasteiger partial charge in [-0.05, 0) is 24.6 Å². The van der Waals surface area contributed by atoms with Crippen molar-refractivity contribution in [3.05, 3.63) is 81.0 Å². The Labute approximate surface area is 170 Å². The second kappa shape index (κ2) is 8.75. The molecule has 0 radical (unpaired) electrons. The summed E-state index contributed by atoms with van der Waals surface area (Å²) in [5.74, 6) is -2.30. The minimum absolute atomic E-state index is 0.0276. The lowest BCUT2D eigenvalue weighted by Gasteiger charge is -2.23. The van der Waals surface area contributed by atoms with Crippen LogP contribution < -0.4 is 16.6 Å². The van der Waals surface area contributed by atoms with Crippen molar-refractivity contribution in [2.24, 2.45) is 0 Å². The highest BCUT2D eigenvalue weighted by Gasteiger charge is 2.31. The van der Waals surface area contributed by atoms with Gasteiger partial charge in [0.05, 0.1) is 17.0 Å². The molecule has 0 aliphatic heterocycles. The molecule has 1 amide bonds. The predicted octanol–water partition coefficient (Wildman–Crippen LogP) is 0.424. The van der Waals surface area contributed by atoms with Crippen molar-refractivity contribution >= 4 is 22.8 Å². The van der Waals surface area contributed by atoms with Crippen LogP contribution in [0.15, 0.2) is 64.2 Å². The molecule has 0 saturated carbocycles. The standard InChI is InChI=1S/C21H21N3O6/c1-12(25)17(20(28)29)23-18(26)16(11-13-7-3-2-4-8-13)24-19(27)14-9-5-6-10-15(14)22-21(24)30/h2-10,12,16-17,25H,11H2,1H3,(H,22,30)(H,23,26)(H,28,29)/t12?,16-,17+/m1/s1. The second-order valence-electron chi connectivity index (χ2n) is 6.92. The summed E-state index contributed by atoms with van der Waals surface area (Å²) in [5, 5.41) is 21.4. The van der Waals surface area contributed by atoms with Crippen molar-refractivity contribution in [3.63, 3.8) is 0 Å². The van der Waals surface area contributed by atoms with E-state index >= 15 is 0 Å². The van der Waals surface area contributed by atoms with Gasteiger partial charge in [-0.3, -0.25) is 9.59 Å². The van der Waals surface area contributed by atoms with Crippen molar-refractivity contribution in [1.29, 1.82) is 0 Å². The molecule has 0 aliphatic rings. The molecule has 3 aromatic rings. The number of para-hydroxylation sites is 1. The zero-order chi connectivity index (χ0) is 21.8. The molecule has 30 heavy (non-hydrogen) atoms. The van der Waals surface area contributed by atoms with Crippen LogP contribution >= 0.6 is 0 Å². The molecule has 0 saturated heterocycles. The van der Waals surface area contributed by atoms with E-state index in [2.05, 4.69) is 10.3 Å². The number of H-pyrrole nitrogens is 1. The van der Waals surface area contributed by atoms with E-state index in [0.29, 0.717) is 11.1 Å². The molecule has 1 aromatic heterocycles. The molecule has 4 N–H and O–H groups in total. The number of aliphatic carboxylic acids is 1. The van der Waals surface area contributed by atoms with Gasteiger partial charge in [0.15, 0.2) is 6.04 Å². The summed E-state index contributed by atoms with van der Waals surface area (Å²) in [5.41, 5.74) is -0.468. The molecule has 156 valence electrons.